The summed E-state index contributed by atoms with van der Waals surface area (Å²) >= 11 is 6.46. The minimum atomic E-state index is 0.569. The van der Waals surface area contributed by atoms with Crippen LogP contribution < -0.4 is 5.32 Å². The summed E-state index contributed by atoms with van der Waals surface area (Å²) in [6, 6.07) is 20.3. The van der Waals surface area contributed by atoms with E-state index >= 15 is 0 Å². The molecule has 0 unspecified atom stereocenters. The third-order valence-corrected chi connectivity index (χ3v) is 4.22. The van der Waals surface area contributed by atoms with Crippen molar-refractivity contribution in [2.45, 2.75) is 13.3 Å². The Morgan fingerprint density at radius 3 is 2.28 bits per heavy atom. The van der Waals surface area contributed by atoms with Crippen molar-refractivity contribution in [1.82, 2.24) is 4.98 Å². The Balaban J connectivity index is 1.95. The first-order valence-electron chi connectivity index (χ1n) is 8.30. The molecule has 0 spiro atoms. The molecule has 0 saturated heterocycles. The Kier molecular flexibility index (Phi) is 5.46. The lowest BCUT2D eigenvalue weighted by Crippen LogP contribution is -2.01. The third kappa shape index (κ3) is 3.89. The van der Waals surface area contributed by atoms with Crippen molar-refractivity contribution in [3.05, 3.63) is 65.7 Å². The molecule has 25 heavy (non-hydrogen) atoms. The van der Waals surface area contributed by atoms with E-state index in [4.69, 9.17) is 11.6 Å². The highest BCUT2D eigenvalue weighted by Crippen LogP contribution is 2.34. The van der Waals surface area contributed by atoms with Crippen LogP contribution in [0.3, 0.4) is 0 Å². The van der Waals surface area contributed by atoms with E-state index in [1.165, 1.54) is 5.56 Å². The second kappa shape index (κ2) is 7.95. The SMILES string of the molecule is C=Nc1nc(-c2ccc(-c3ccccc3)cc2)c(Cl)cc1NCCC. The van der Waals surface area contributed by atoms with E-state index in [-0.39, 0.29) is 0 Å². The van der Waals surface area contributed by atoms with Gasteiger partial charge in [0, 0.05) is 12.1 Å². The van der Waals surface area contributed by atoms with E-state index in [1.807, 2.05) is 36.4 Å². The molecule has 1 aromatic heterocycles. The lowest BCUT2D eigenvalue weighted by molar-refractivity contribution is 0.977. The molecule has 0 aliphatic rings. The molecule has 1 heterocycles. The average Bonchev–Trinajstić information content (AvgIpc) is 2.67. The number of anilines is 1. The zero-order valence-electron chi connectivity index (χ0n) is 14.2. The molecule has 0 fully saturated rings. The van der Waals surface area contributed by atoms with Crippen LogP contribution in [0.15, 0.2) is 65.7 Å². The highest BCUT2D eigenvalue weighted by atomic mass is 35.5. The molecule has 0 atom stereocenters. The molecule has 4 heteroatoms. The van der Waals surface area contributed by atoms with Crippen LogP contribution in [-0.2, 0) is 0 Å². The van der Waals surface area contributed by atoms with Crippen molar-refractivity contribution in [3.8, 4) is 22.4 Å². The van der Waals surface area contributed by atoms with E-state index < -0.39 is 0 Å². The van der Waals surface area contributed by atoms with Crippen LogP contribution in [0.1, 0.15) is 13.3 Å². The summed E-state index contributed by atoms with van der Waals surface area (Å²) in [5.41, 5.74) is 4.82. The summed E-state index contributed by atoms with van der Waals surface area (Å²) in [5.74, 6) is 0.569. The largest absolute Gasteiger partial charge is 0.382 e. The lowest BCUT2D eigenvalue weighted by Gasteiger charge is -2.12. The van der Waals surface area contributed by atoms with Gasteiger partial charge >= 0.3 is 0 Å². The van der Waals surface area contributed by atoms with Crippen LogP contribution in [0.5, 0.6) is 0 Å². The molecule has 3 nitrogen and oxygen atoms in total. The number of nitrogens with zero attached hydrogens (tertiary/aromatic N) is 2. The molecule has 0 saturated carbocycles. The van der Waals surface area contributed by atoms with Crippen LogP contribution >= 0.6 is 11.6 Å². The molecular weight excluding hydrogens is 330 g/mol. The van der Waals surface area contributed by atoms with Gasteiger partial charge in [0.15, 0.2) is 5.82 Å². The lowest BCUT2D eigenvalue weighted by atomic mass is 10.0. The van der Waals surface area contributed by atoms with Crippen LogP contribution in [0.2, 0.25) is 5.02 Å². The molecule has 0 aliphatic carbocycles. The first-order chi connectivity index (χ1) is 12.2. The molecule has 2 aromatic carbocycles. The third-order valence-electron chi connectivity index (χ3n) is 3.94. The van der Waals surface area contributed by atoms with Crippen LogP contribution in [0.4, 0.5) is 11.5 Å². The second-order valence-corrected chi connectivity index (χ2v) is 6.13. The van der Waals surface area contributed by atoms with Gasteiger partial charge in [-0.3, -0.25) is 0 Å². The standard InChI is InChI=1S/C21H20ClN3/c1-3-13-24-19-14-18(22)20(25-21(19)23-2)17-11-9-16(10-12-17)15-7-5-4-6-8-15/h4-12,14,24H,2-3,13H2,1H3. The molecule has 0 aliphatic heterocycles. The highest BCUT2D eigenvalue weighted by molar-refractivity contribution is 6.33. The number of hydrogen-bond acceptors (Lipinski definition) is 3. The van der Waals surface area contributed by atoms with E-state index in [0.717, 1.165) is 29.8 Å². The van der Waals surface area contributed by atoms with Gasteiger partial charge in [0.2, 0.25) is 0 Å². The first-order valence-corrected chi connectivity index (χ1v) is 8.67. The van der Waals surface area contributed by atoms with Gasteiger partial charge in [-0.1, -0.05) is 73.1 Å². The fourth-order valence-corrected chi connectivity index (χ4v) is 2.90. The Labute approximate surface area is 153 Å². The Morgan fingerprint density at radius 1 is 1.00 bits per heavy atom. The maximum atomic E-state index is 6.46. The highest BCUT2D eigenvalue weighted by Gasteiger charge is 2.11. The molecule has 0 bridgehead atoms. The van der Waals surface area contributed by atoms with E-state index in [2.05, 4.69) is 53.2 Å². The number of aliphatic imine (C=N–C) groups is 1. The molecule has 1 N–H and O–H groups in total. The maximum Gasteiger partial charge on any atom is 0.175 e. The fourth-order valence-electron chi connectivity index (χ4n) is 2.64. The predicted octanol–water partition coefficient (Wildman–Crippen LogP) is 6.22. The smallest absolute Gasteiger partial charge is 0.175 e. The minimum absolute atomic E-state index is 0.569. The van der Waals surface area contributed by atoms with Gasteiger partial charge in [-0.25, -0.2) is 9.98 Å². The van der Waals surface area contributed by atoms with Crippen molar-refractivity contribution in [2.75, 3.05) is 11.9 Å². The van der Waals surface area contributed by atoms with Gasteiger partial charge in [-0.2, -0.15) is 0 Å². The number of benzene rings is 2. The minimum Gasteiger partial charge on any atom is -0.382 e. The topological polar surface area (TPSA) is 37.3 Å². The van der Waals surface area contributed by atoms with Crippen molar-refractivity contribution < 1.29 is 0 Å². The van der Waals surface area contributed by atoms with Gasteiger partial charge < -0.3 is 5.32 Å². The summed E-state index contributed by atoms with van der Waals surface area (Å²) in [7, 11) is 0. The Bertz CT molecular complexity index is 858. The molecule has 3 rings (SSSR count). The molecule has 3 aromatic rings. The first kappa shape index (κ1) is 17.2. The van der Waals surface area contributed by atoms with E-state index in [0.29, 0.717) is 16.5 Å². The molecule has 126 valence electrons. The van der Waals surface area contributed by atoms with E-state index in [1.54, 1.807) is 0 Å². The molecular formula is C21H20ClN3. The average molecular weight is 350 g/mol. The van der Waals surface area contributed by atoms with Crippen molar-refractivity contribution >= 4 is 29.8 Å². The zero-order valence-corrected chi connectivity index (χ0v) is 14.9. The van der Waals surface area contributed by atoms with Crippen LogP contribution in [0.25, 0.3) is 22.4 Å². The van der Waals surface area contributed by atoms with Crippen LogP contribution in [0, 0.1) is 0 Å². The van der Waals surface area contributed by atoms with Gasteiger partial charge in [0.25, 0.3) is 0 Å². The summed E-state index contributed by atoms with van der Waals surface area (Å²) in [4.78, 5) is 8.63. The number of halogens is 1. The van der Waals surface area contributed by atoms with Gasteiger partial charge in [-0.05, 0) is 30.3 Å². The summed E-state index contributed by atoms with van der Waals surface area (Å²) in [6.07, 6.45) is 1.01. The van der Waals surface area contributed by atoms with Gasteiger partial charge in [0.1, 0.15) is 0 Å². The summed E-state index contributed by atoms with van der Waals surface area (Å²) in [5, 5.41) is 3.88. The van der Waals surface area contributed by atoms with Gasteiger partial charge in [-0.15, -0.1) is 0 Å². The number of pyridine rings is 1. The molecule has 0 amide bonds. The van der Waals surface area contributed by atoms with Crippen molar-refractivity contribution in [1.29, 1.82) is 0 Å². The second-order valence-electron chi connectivity index (χ2n) is 5.72. The number of rotatable bonds is 6. The fraction of sp³-hybridized carbons (Fsp3) is 0.143. The summed E-state index contributed by atoms with van der Waals surface area (Å²) in [6.45, 7) is 6.56. The zero-order chi connectivity index (χ0) is 17.6. The summed E-state index contributed by atoms with van der Waals surface area (Å²) < 4.78 is 0. The van der Waals surface area contributed by atoms with E-state index in [9.17, 15) is 0 Å². The number of aromatic nitrogens is 1. The quantitative estimate of drug-likeness (QED) is 0.536. The Morgan fingerprint density at radius 2 is 1.64 bits per heavy atom. The van der Waals surface area contributed by atoms with Crippen molar-refractivity contribution in [2.24, 2.45) is 4.99 Å². The number of hydrogen-bond donors (Lipinski definition) is 1. The Hall–Kier alpha value is -2.65. The van der Waals surface area contributed by atoms with Crippen molar-refractivity contribution in [3.63, 3.8) is 0 Å². The predicted molar refractivity (Wildman–Crippen MR) is 108 cm³/mol. The van der Waals surface area contributed by atoms with Gasteiger partial charge in [0.05, 0.1) is 16.4 Å². The maximum absolute atomic E-state index is 6.46. The normalized spacial score (nSPS) is 10.5. The van der Waals surface area contributed by atoms with Crippen LogP contribution in [-0.4, -0.2) is 18.2 Å². The number of nitrogens with one attached hydrogen (secondary N) is 1. The monoisotopic (exact) mass is 349 g/mol. The molecule has 0 radical (unpaired) electrons.